The lowest BCUT2D eigenvalue weighted by Gasteiger charge is -2.22. The molecule has 0 radical (unpaired) electrons. The first-order valence-corrected chi connectivity index (χ1v) is 7.93. The number of aliphatic imine (C=N–C) groups is 1. The van der Waals surface area contributed by atoms with Crippen LogP contribution in [0, 0.1) is 5.41 Å². The maximum Gasteiger partial charge on any atom is 0.0521 e. The third kappa shape index (κ3) is 5.87. The average molecular weight is 267 g/mol. The van der Waals surface area contributed by atoms with Crippen molar-refractivity contribution in [2.75, 3.05) is 18.1 Å². The zero-order valence-corrected chi connectivity index (χ0v) is 12.3. The van der Waals surface area contributed by atoms with Gasteiger partial charge in [0.1, 0.15) is 0 Å². The van der Waals surface area contributed by atoms with E-state index < -0.39 is 0 Å². The lowest BCUT2D eigenvalue weighted by molar-refractivity contribution is 0.322. The molecule has 0 aromatic rings. The largest absolute Gasteiger partial charge is 0.396 e. The molecule has 2 atom stereocenters. The summed E-state index contributed by atoms with van der Waals surface area (Å²) in [4.78, 5) is 4.75. The van der Waals surface area contributed by atoms with E-state index in [9.17, 15) is 0 Å². The second-order valence-electron chi connectivity index (χ2n) is 4.96. The molecule has 0 amide bonds. The normalized spacial score (nSPS) is 24.8. The van der Waals surface area contributed by atoms with Crippen LogP contribution in [0.5, 0.6) is 0 Å². The zero-order chi connectivity index (χ0) is 13.3. The lowest BCUT2D eigenvalue weighted by atomic mass is 9.85. The summed E-state index contributed by atoms with van der Waals surface area (Å²) in [7, 11) is 0. The molecule has 0 aromatic heterocycles. The van der Waals surface area contributed by atoms with Gasteiger partial charge in [0.2, 0.25) is 0 Å². The van der Waals surface area contributed by atoms with Gasteiger partial charge < -0.3 is 5.11 Å². The number of hydrogen-bond acceptors (Lipinski definition) is 3. The van der Waals surface area contributed by atoms with Crippen LogP contribution in [0.15, 0.2) is 29.3 Å². The lowest BCUT2D eigenvalue weighted by Crippen LogP contribution is -2.17. The summed E-state index contributed by atoms with van der Waals surface area (Å²) in [6, 6.07) is 0.423. The Balaban J connectivity index is 2.37. The Hall–Kier alpha value is -0.540. The molecule has 1 aliphatic rings. The Morgan fingerprint density at radius 3 is 2.89 bits per heavy atom. The molecule has 0 saturated carbocycles. The SMILES string of the molecule is CCC(CCSCCO)N=CC1(C)C=CC=CC1. The topological polar surface area (TPSA) is 32.6 Å². The second-order valence-corrected chi connectivity index (χ2v) is 6.19. The Morgan fingerprint density at radius 2 is 2.28 bits per heavy atom. The van der Waals surface area contributed by atoms with Crippen LogP contribution in [0.2, 0.25) is 0 Å². The number of aliphatic hydroxyl groups is 1. The minimum Gasteiger partial charge on any atom is -0.396 e. The smallest absolute Gasteiger partial charge is 0.0521 e. The number of aliphatic hydroxyl groups excluding tert-OH is 1. The van der Waals surface area contributed by atoms with Crippen LogP contribution in [0.1, 0.15) is 33.1 Å². The molecule has 102 valence electrons. The number of allylic oxidation sites excluding steroid dienone is 4. The van der Waals surface area contributed by atoms with Gasteiger partial charge in [0, 0.05) is 17.4 Å². The van der Waals surface area contributed by atoms with Gasteiger partial charge in [-0.15, -0.1) is 0 Å². The zero-order valence-electron chi connectivity index (χ0n) is 11.5. The van der Waals surface area contributed by atoms with E-state index >= 15 is 0 Å². The molecule has 0 aliphatic heterocycles. The van der Waals surface area contributed by atoms with Gasteiger partial charge in [-0.25, -0.2) is 0 Å². The van der Waals surface area contributed by atoms with Crippen molar-refractivity contribution in [2.45, 2.75) is 39.2 Å². The third-order valence-corrected chi connectivity index (χ3v) is 4.16. The van der Waals surface area contributed by atoms with Crippen LogP contribution in [-0.4, -0.2) is 35.5 Å². The van der Waals surface area contributed by atoms with Crippen LogP contribution >= 0.6 is 11.8 Å². The first-order chi connectivity index (χ1) is 8.70. The van der Waals surface area contributed by atoms with Gasteiger partial charge in [0.05, 0.1) is 12.6 Å². The van der Waals surface area contributed by atoms with Crippen LogP contribution in [0.3, 0.4) is 0 Å². The number of hydrogen-bond donors (Lipinski definition) is 1. The van der Waals surface area contributed by atoms with E-state index in [2.05, 4.69) is 44.4 Å². The van der Waals surface area contributed by atoms with E-state index in [-0.39, 0.29) is 12.0 Å². The van der Waals surface area contributed by atoms with Crippen molar-refractivity contribution in [3.63, 3.8) is 0 Å². The Kier molecular flexibility index (Phi) is 7.36. The summed E-state index contributed by atoms with van der Waals surface area (Å²) >= 11 is 1.81. The molecular formula is C15H25NOS. The van der Waals surface area contributed by atoms with Crippen molar-refractivity contribution in [2.24, 2.45) is 10.4 Å². The van der Waals surface area contributed by atoms with Gasteiger partial charge in [0.15, 0.2) is 0 Å². The quantitative estimate of drug-likeness (QED) is 0.539. The van der Waals surface area contributed by atoms with Crippen LogP contribution in [0.4, 0.5) is 0 Å². The van der Waals surface area contributed by atoms with Crippen molar-refractivity contribution < 1.29 is 5.11 Å². The molecule has 0 heterocycles. The van der Waals surface area contributed by atoms with Gasteiger partial charge in [-0.1, -0.05) is 38.2 Å². The number of rotatable bonds is 8. The highest BCUT2D eigenvalue weighted by atomic mass is 32.2. The minimum atomic E-state index is 0.0976. The molecule has 3 heteroatoms. The summed E-state index contributed by atoms with van der Waals surface area (Å²) in [5.74, 6) is 1.92. The van der Waals surface area contributed by atoms with Gasteiger partial charge in [-0.2, -0.15) is 11.8 Å². The molecular weight excluding hydrogens is 242 g/mol. The molecule has 1 rings (SSSR count). The average Bonchev–Trinajstić information content (AvgIpc) is 2.39. The molecule has 0 bridgehead atoms. The van der Waals surface area contributed by atoms with Crippen LogP contribution in [-0.2, 0) is 0 Å². The summed E-state index contributed by atoms with van der Waals surface area (Å²) in [6.45, 7) is 4.70. The molecule has 0 fully saturated rings. The monoisotopic (exact) mass is 267 g/mol. The third-order valence-electron chi connectivity index (χ3n) is 3.16. The predicted octanol–water partition coefficient (Wildman–Crippen LogP) is 3.47. The second kappa shape index (κ2) is 8.54. The molecule has 0 saturated heterocycles. The highest BCUT2D eigenvalue weighted by Crippen LogP contribution is 2.25. The Bertz CT molecular complexity index is 312. The van der Waals surface area contributed by atoms with Gasteiger partial charge in [-0.3, -0.25) is 4.99 Å². The van der Waals surface area contributed by atoms with E-state index in [1.807, 2.05) is 11.8 Å². The predicted molar refractivity (Wildman–Crippen MR) is 82.6 cm³/mol. The van der Waals surface area contributed by atoms with E-state index in [0.29, 0.717) is 6.04 Å². The van der Waals surface area contributed by atoms with E-state index in [0.717, 1.165) is 30.8 Å². The Labute approximate surface area is 115 Å². The fraction of sp³-hybridized carbons (Fsp3) is 0.667. The molecule has 2 nitrogen and oxygen atoms in total. The summed E-state index contributed by atoms with van der Waals surface area (Å²) in [5, 5.41) is 8.73. The first-order valence-electron chi connectivity index (χ1n) is 6.77. The molecule has 1 aliphatic carbocycles. The van der Waals surface area contributed by atoms with Crippen LogP contribution < -0.4 is 0 Å². The van der Waals surface area contributed by atoms with Gasteiger partial charge in [0.25, 0.3) is 0 Å². The fourth-order valence-corrected chi connectivity index (χ4v) is 2.66. The van der Waals surface area contributed by atoms with Crippen molar-refractivity contribution >= 4 is 18.0 Å². The molecule has 2 unspecified atom stereocenters. The maximum atomic E-state index is 8.73. The maximum absolute atomic E-state index is 8.73. The van der Waals surface area contributed by atoms with Gasteiger partial charge >= 0.3 is 0 Å². The van der Waals surface area contributed by atoms with E-state index in [1.165, 1.54) is 0 Å². The van der Waals surface area contributed by atoms with Crippen molar-refractivity contribution in [1.29, 1.82) is 0 Å². The molecule has 18 heavy (non-hydrogen) atoms. The minimum absolute atomic E-state index is 0.0976. The fourth-order valence-electron chi connectivity index (χ4n) is 1.89. The van der Waals surface area contributed by atoms with Crippen LogP contribution in [0.25, 0.3) is 0 Å². The van der Waals surface area contributed by atoms with E-state index in [4.69, 9.17) is 10.1 Å². The molecule has 1 N–H and O–H groups in total. The van der Waals surface area contributed by atoms with Crippen molar-refractivity contribution in [3.05, 3.63) is 24.3 Å². The first kappa shape index (κ1) is 15.5. The molecule has 0 spiro atoms. The van der Waals surface area contributed by atoms with Crippen molar-refractivity contribution in [3.8, 4) is 0 Å². The Morgan fingerprint density at radius 1 is 1.44 bits per heavy atom. The highest BCUT2D eigenvalue weighted by Gasteiger charge is 2.18. The summed E-state index contributed by atoms with van der Waals surface area (Å²) in [6.07, 6.45) is 14.0. The highest BCUT2D eigenvalue weighted by molar-refractivity contribution is 7.99. The summed E-state index contributed by atoms with van der Waals surface area (Å²) < 4.78 is 0. The number of nitrogens with zero attached hydrogens (tertiary/aromatic N) is 1. The van der Waals surface area contributed by atoms with Crippen molar-refractivity contribution in [1.82, 2.24) is 0 Å². The summed E-state index contributed by atoms with van der Waals surface area (Å²) in [5.41, 5.74) is 0.0976. The standard InChI is InChI=1S/C15H25NOS/c1-3-14(7-11-18-12-10-17)16-13-15(2)8-5-4-6-9-15/h4-6,8,13-14,17H,3,7,9-12H2,1-2H3. The number of thioether (sulfide) groups is 1. The molecule has 0 aromatic carbocycles. The van der Waals surface area contributed by atoms with Gasteiger partial charge in [-0.05, 0) is 25.0 Å². The van der Waals surface area contributed by atoms with E-state index in [1.54, 1.807) is 0 Å².